The van der Waals surface area contributed by atoms with Gasteiger partial charge in [0.1, 0.15) is 5.69 Å². The van der Waals surface area contributed by atoms with E-state index in [1.165, 1.54) is 16.2 Å². The van der Waals surface area contributed by atoms with Crippen LogP contribution < -0.4 is 15.6 Å². The van der Waals surface area contributed by atoms with Crippen molar-refractivity contribution < 1.29 is 18.3 Å². The van der Waals surface area contributed by atoms with Gasteiger partial charge in [0.25, 0.3) is 17.9 Å². The van der Waals surface area contributed by atoms with E-state index in [0.29, 0.717) is 18.2 Å². The van der Waals surface area contributed by atoms with Gasteiger partial charge in [0.15, 0.2) is 6.61 Å². The Morgan fingerprint density at radius 3 is 2.67 bits per heavy atom. The topological polar surface area (TPSA) is 76.5 Å². The highest BCUT2D eigenvalue weighted by molar-refractivity contribution is 5.92. The molecule has 1 aliphatic carbocycles. The summed E-state index contributed by atoms with van der Waals surface area (Å²) in [5, 5.41) is 3.13. The van der Waals surface area contributed by atoms with Crippen LogP contribution in [0, 0.1) is 5.92 Å². The zero-order chi connectivity index (χ0) is 25.5. The molecule has 1 amide bonds. The van der Waals surface area contributed by atoms with E-state index >= 15 is 0 Å². The lowest BCUT2D eigenvalue weighted by molar-refractivity contribution is 0.0794. The number of carbonyl (C=O) groups is 1. The molecule has 0 atom stereocenters. The fourth-order valence-electron chi connectivity index (χ4n) is 5.33. The van der Waals surface area contributed by atoms with Crippen LogP contribution >= 0.6 is 0 Å². The number of ether oxygens (including phenoxy) is 1. The summed E-state index contributed by atoms with van der Waals surface area (Å²) in [5.74, 6) is 0.747. The van der Waals surface area contributed by atoms with Crippen LogP contribution in [-0.2, 0) is 19.4 Å². The van der Waals surface area contributed by atoms with Gasteiger partial charge in [-0.05, 0) is 69.5 Å². The summed E-state index contributed by atoms with van der Waals surface area (Å²) in [6.07, 6.45) is 4.40. The second-order valence-corrected chi connectivity index (χ2v) is 9.77. The molecule has 0 bridgehead atoms. The molecule has 0 aromatic carbocycles. The summed E-state index contributed by atoms with van der Waals surface area (Å²) in [4.78, 5) is 31.7. The van der Waals surface area contributed by atoms with Crippen LogP contribution in [0.3, 0.4) is 0 Å². The molecule has 0 unspecified atom stereocenters. The molecule has 7 nitrogen and oxygen atoms in total. The second-order valence-electron chi connectivity index (χ2n) is 9.77. The highest BCUT2D eigenvalue weighted by Crippen LogP contribution is 2.28. The van der Waals surface area contributed by atoms with E-state index in [1.54, 1.807) is 18.2 Å². The SMILES string of the molecule is CCn1c(C(=O)NC2CCC(CCN3CCc4ccc(OCC(F)F)nc4CC3)CC2)cccc1=O. The first-order valence-electron chi connectivity index (χ1n) is 13.1. The minimum absolute atomic E-state index is 0.148. The van der Waals surface area contributed by atoms with Crippen molar-refractivity contribution >= 4 is 5.91 Å². The maximum Gasteiger partial charge on any atom is 0.272 e. The Morgan fingerprint density at radius 2 is 1.92 bits per heavy atom. The van der Waals surface area contributed by atoms with Gasteiger partial charge in [0.2, 0.25) is 5.88 Å². The predicted molar refractivity (Wildman–Crippen MR) is 134 cm³/mol. The number of fused-ring (bicyclic) bond motifs is 1. The normalized spacial score (nSPS) is 20.6. The average molecular weight is 503 g/mol. The van der Waals surface area contributed by atoms with Gasteiger partial charge in [-0.3, -0.25) is 9.59 Å². The highest BCUT2D eigenvalue weighted by atomic mass is 19.3. The lowest BCUT2D eigenvalue weighted by atomic mass is 9.84. The summed E-state index contributed by atoms with van der Waals surface area (Å²) in [7, 11) is 0. The monoisotopic (exact) mass is 502 g/mol. The number of alkyl halides is 2. The van der Waals surface area contributed by atoms with Crippen LogP contribution in [0.4, 0.5) is 8.78 Å². The number of hydrogen-bond donors (Lipinski definition) is 1. The summed E-state index contributed by atoms with van der Waals surface area (Å²) >= 11 is 0. The van der Waals surface area contributed by atoms with Crippen molar-refractivity contribution in [1.29, 1.82) is 0 Å². The van der Waals surface area contributed by atoms with E-state index < -0.39 is 13.0 Å². The first-order valence-corrected chi connectivity index (χ1v) is 13.1. The quantitative estimate of drug-likeness (QED) is 0.566. The largest absolute Gasteiger partial charge is 0.472 e. The zero-order valence-corrected chi connectivity index (χ0v) is 20.9. The van der Waals surface area contributed by atoms with E-state index in [4.69, 9.17) is 4.74 Å². The fourth-order valence-corrected chi connectivity index (χ4v) is 5.33. The third kappa shape index (κ3) is 6.90. The molecule has 2 aliphatic rings. The van der Waals surface area contributed by atoms with Crippen molar-refractivity contribution in [3.63, 3.8) is 0 Å². The lowest BCUT2D eigenvalue weighted by Crippen LogP contribution is -2.40. The summed E-state index contributed by atoms with van der Waals surface area (Å²) < 4.78 is 31.4. The molecule has 2 aromatic rings. The number of nitrogens with zero attached hydrogens (tertiary/aromatic N) is 3. The number of halogens is 2. The van der Waals surface area contributed by atoms with E-state index in [9.17, 15) is 18.4 Å². The molecule has 0 spiro atoms. The number of carbonyl (C=O) groups excluding carboxylic acids is 1. The van der Waals surface area contributed by atoms with Crippen LogP contribution in [0.5, 0.6) is 5.88 Å². The van der Waals surface area contributed by atoms with Gasteiger partial charge in [-0.1, -0.05) is 12.1 Å². The predicted octanol–water partition coefficient (Wildman–Crippen LogP) is 3.69. The lowest BCUT2D eigenvalue weighted by Gasteiger charge is -2.31. The molecule has 3 heterocycles. The minimum atomic E-state index is -2.50. The molecular weight excluding hydrogens is 466 g/mol. The zero-order valence-electron chi connectivity index (χ0n) is 20.9. The average Bonchev–Trinajstić information content (AvgIpc) is 3.08. The number of amides is 1. The van der Waals surface area contributed by atoms with Crippen molar-refractivity contribution in [2.75, 3.05) is 26.2 Å². The number of rotatable bonds is 9. The first kappa shape index (κ1) is 26.3. The van der Waals surface area contributed by atoms with E-state index in [2.05, 4.69) is 15.2 Å². The maximum atomic E-state index is 12.7. The first-order chi connectivity index (χ1) is 17.4. The molecule has 4 rings (SSSR count). The van der Waals surface area contributed by atoms with Crippen molar-refractivity contribution in [2.45, 2.75) is 70.9 Å². The van der Waals surface area contributed by atoms with Crippen LogP contribution in [0.25, 0.3) is 0 Å². The fraction of sp³-hybridized carbons (Fsp3) is 0.593. The van der Waals surface area contributed by atoms with Gasteiger partial charge in [0, 0.05) is 49.9 Å². The molecule has 1 N–H and O–H groups in total. The number of pyridine rings is 2. The van der Waals surface area contributed by atoms with Crippen LogP contribution in [0.15, 0.2) is 35.1 Å². The Balaban J connectivity index is 1.20. The summed E-state index contributed by atoms with van der Waals surface area (Å²) in [6.45, 7) is 4.60. The smallest absolute Gasteiger partial charge is 0.272 e. The summed E-state index contributed by atoms with van der Waals surface area (Å²) in [6, 6.07) is 8.61. The number of hydrogen-bond acceptors (Lipinski definition) is 5. The van der Waals surface area contributed by atoms with Crippen LogP contribution in [0.2, 0.25) is 0 Å². The van der Waals surface area contributed by atoms with Crippen LogP contribution in [-0.4, -0.2) is 59.1 Å². The minimum Gasteiger partial charge on any atom is -0.472 e. The molecule has 36 heavy (non-hydrogen) atoms. The molecule has 0 radical (unpaired) electrons. The molecular formula is C27H36F2N4O3. The van der Waals surface area contributed by atoms with Gasteiger partial charge < -0.3 is 19.5 Å². The molecule has 2 aromatic heterocycles. The highest BCUT2D eigenvalue weighted by Gasteiger charge is 2.25. The van der Waals surface area contributed by atoms with Gasteiger partial charge in [-0.25, -0.2) is 13.8 Å². The standard InChI is InChI=1S/C27H36F2N4O3/c1-2-33-23(4-3-5-26(33)34)27(35)30-21-9-6-19(7-10-21)12-15-32-16-13-20-8-11-25(36-18-24(28)29)31-22(20)14-17-32/h3-5,8,11,19,21,24H,2,6-7,9-10,12-18H2,1H3,(H,30,35). The van der Waals surface area contributed by atoms with Crippen LogP contribution in [0.1, 0.15) is 60.8 Å². The Kier molecular flexibility index (Phi) is 9.07. The molecule has 196 valence electrons. The van der Waals surface area contributed by atoms with E-state index in [1.807, 2.05) is 13.0 Å². The van der Waals surface area contributed by atoms with Crippen molar-refractivity contribution in [3.05, 3.63) is 57.6 Å². The Labute approximate surface area is 210 Å². The van der Waals surface area contributed by atoms with Gasteiger partial charge in [-0.15, -0.1) is 0 Å². The Hall–Kier alpha value is -2.81. The summed E-state index contributed by atoms with van der Waals surface area (Å²) in [5.41, 5.74) is 2.40. The van der Waals surface area contributed by atoms with E-state index in [-0.39, 0.29) is 23.4 Å². The van der Waals surface area contributed by atoms with E-state index in [0.717, 1.165) is 70.3 Å². The second kappa shape index (κ2) is 12.4. The van der Waals surface area contributed by atoms with Gasteiger partial charge in [0.05, 0.1) is 0 Å². The number of aromatic nitrogens is 2. The third-order valence-corrected chi connectivity index (χ3v) is 7.40. The molecule has 0 saturated heterocycles. The number of nitrogens with one attached hydrogen (secondary N) is 1. The van der Waals surface area contributed by atoms with Crippen molar-refractivity contribution in [2.24, 2.45) is 5.92 Å². The molecule has 1 aliphatic heterocycles. The molecule has 9 heteroatoms. The van der Waals surface area contributed by atoms with Crippen molar-refractivity contribution in [1.82, 2.24) is 19.8 Å². The van der Waals surface area contributed by atoms with Crippen molar-refractivity contribution in [3.8, 4) is 5.88 Å². The van der Waals surface area contributed by atoms with Gasteiger partial charge in [-0.2, -0.15) is 0 Å². The molecule has 1 fully saturated rings. The Morgan fingerprint density at radius 1 is 1.14 bits per heavy atom. The third-order valence-electron chi connectivity index (χ3n) is 7.40. The molecule has 1 saturated carbocycles. The van der Waals surface area contributed by atoms with Gasteiger partial charge >= 0.3 is 0 Å². The Bertz CT molecular complexity index is 1080. The maximum absolute atomic E-state index is 12.7.